The van der Waals surface area contributed by atoms with E-state index in [1.54, 1.807) is 4.31 Å². The van der Waals surface area contributed by atoms with Gasteiger partial charge in [0.2, 0.25) is 15.9 Å². The molecule has 35 heavy (non-hydrogen) atoms. The molecular formula is C28H39N3O3S. The summed E-state index contributed by atoms with van der Waals surface area (Å²) in [7, 11) is -3.33. The molecule has 1 unspecified atom stereocenters. The van der Waals surface area contributed by atoms with Crippen LogP contribution in [0.2, 0.25) is 0 Å². The first-order valence-corrected chi connectivity index (χ1v) is 14.6. The third kappa shape index (κ3) is 6.07. The van der Waals surface area contributed by atoms with E-state index in [4.69, 9.17) is 0 Å². The van der Waals surface area contributed by atoms with Crippen LogP contribution in [0.15, 0.2) is 54.6 Å². The molecule has 0 aromatic heterocycles. The van der Waals surface area contributed by atoms with Gasteiger partial charge >= 0.3 is 0 Å². The molecule has 2 N–H and O–H groups in total. The molecule has 1 aliphatic carbocycles. The molecule has 1 aliphatic heterocycles. The van der Waals surface area contributed by atoms with Gasteiger partial charge in [0.15, 0.2) is 0 Å². The Balaban J connectivity index is 1.41. The first kappa shape index (κ1) is 25.7. The van der Waals surface area contributed by atoms with Gasteiger partial charge in [-0.05, 0) is 61.8 Å². The molecule has 0 bridgehead atoms. The zero-order valence-electron chi connectivity index (χ0n) is 21.2. The molecule has 2 aromatic carbocycles. The van der Waals surface area contributed by atoms with Crippen LogP contribution in [-0.4, -0.2) is 46.3 Å². The molecule has 1 heterocycles. The molecule has 0 radical (unpaired) electrons. The highest BCUT2D eigenvalue weighted by molar-refractivity contribution is 7.92. The van der Waals surface area contributed by atoms with Gasteiger partial charge in [-0.1, -0.05) is 62.4 Å². The second kappa shape index (κ2) is 10.7. The number of nitrogens with zero attached hydrogens (tertiary/aromatic N) is 1. The minimum atomic E-state index is -3.33. The Morgan fingerprint density at radius 3 is 2.34 bits per heavy atom. The van der Waals surface area contributed by atoms with Crippen LogP contribution in [0, 0.1) is 11.8 Å². The maximum absolute atomic E-state index is 13.3. The van der Waals surface area contributed by atoms with Crippen molar-refractivity contribution in [1.82, 2.24) is 10.6 Å². The van der Waals surface area contributed by atoms with Gasteiger partial charge in [0.1, 0.15) is 0 Å². The number of anilines is 1. The lowest BCUT2D eigenvalue weighted by Crippen LogP contribution is -2.48. The van der Waals surface area contributed by atoms with Crippen molar-refractivity contribution in [2.45, 2.75) is 57.4 Å². The first-order valence-electron chi connectivity index (χ1n) is 12.8. The minimum Gasteiger partial charge on any atom is -0.352 e. The van der Waals surface area contributed by atoms with Crippen LogP contribution in [0.1, 0.15) is 50.7 Å². The first-order chi connectivity index (χ1) is 16.7. The van der Waals surface area contributed by atoms with Crippen molar-refractivity contribution in [3.63, 3.8) is 0 Å². The van der Waals surface area contributed by atoms with Gasteiger partial charge in [0, 0.05) is 30.5 Å². The van der Waals surface area contributed by atoms with Crippen molar-refractivity contribution >= 4 is 21.6 Å². The van der Waals surface area contributed by atoms with Crippen molar-refractivity contribution in [3.05, 3.63) is 65.7 Å². The van der Waals surface area contributed by atoms with Crippen LogP contribution in [-0.2, 0) is 26.7 Å². The molecule has 7 heteroatoms. The third-order valence-corrected chi connectivity index (χ3v) is 8.65. The molecule has 190 valence electrons. The van der Waals surface area contributed by atoms with Crippen LogP contribution in [0.25, 0.3) is 0 Å². The molecule has 1 saturated carbocycles. The van der Waals surface area contributed by atoms with Crippen LogP contribution in [0.5, 0.6) is 0 Å². The molecule has 1 amide bonds. The molecule has 4 rings (SSSR count). The summed E-state index contributed by atoms with van der Waals surface area (Å²) in [6.45, 7) is 6.51. The Hall–Kier alpha value is -2.38. The second-order valence-electron chi connectivity index (χ2n) is 10.8. The summed E-state index contributed by atoms with van der Waals surface area (Å²) in [6, 6.07) is 18.2. The van der Waals surface area contributed by atoms with Gasteiger partial charge in [-0.25, -0.2) is 8.42 Å². The number of hydrogen-bond acceptors (Lipinski definition) is 4. The number of amides is 1. The summed E-state index contributed by atoms with van der Waals surface area (Å²) in [4.78, 5) is 13.3. The van der Waals surface area contributed by atoms with Gasteiger partial charge < -0.3 is 10.6 Å². The SMILES string of the molecule is CC(C)CNCC(Cc1ccccc1)NC(=O)C1CCC2(CC1)CN(S(C)(=O)=O)c1ccccc12. The highest BCUT2D eigenvalue weighted by Crippen LogP contribution is 2.50. The number of sulfonamides is 1. The second-order valence-corrected chi connectivity index (χ2v) is 12.7. The van der Waals surface area contributed by atoms with Crippen LogP contribution < -0.4 is 14.9 Å². The molecular weight excluding hydrogens is 458 g/mol. The lowest BCUT2D eigenvalue weighted by atomic mass is 9.67. The number of carbonyl (C=O) groups is 1. The topological polar surface area (TPSA) is 78.5 Å². The number of carbonyl (C=O) groups excluding carboxylic acids is 1. The maximum Gasteiger partial charge on any atom is 0.232 e. The van der Waals surface area contributed by atoms with E-state index in [9.17, 15) is 13.2 Å². The Labute approximate surface area is 210 Å². The summed E-state index contributed by atoms with van der Waals surface area (Å²) >= 11 is 0. The predicted octanol–water partition coefficient (Wildman–Crippen LogP) is 3.87. The van der Waals surface area contributed by atoms with Gasteiger partial charge in [-0.3, -0.25) is 9.10 Å². The van der Waals surface area contributed by atoms with Crippen LogP contribution in [0.4, 0.5) is 5.69 Å². The molecule has 2 aromatic rings. The zero-order chi connectivity index (χ0) is 25.1. The van der Waals surface area contributed by atoms with Crippen molar-refractivity contribution in [1.29, 1.82) is 0 Å². The normalized spacial score (nSPS) is 22.9. The van der Waals surface area contributed by atoms with E-state index < -0.39 is 10.0 Å². The van der Waals surface area contributed by atoms with Gasteiger partial charge in [-0.2, -0.15) is 0 Å². The molecule has 1 atom stereocenters. The van der Waals surface area contributed by atoms with Crippen molar-refractivity contribution in [2.24, 2.45) is 11.8 Å². The average molecular weight is 498 g/mol. The number of fused-ring (bicyclic) bond motifs is 2. The lowest BCUT2D eigenvalue weighted by molar-refractivity contribution is -0.127. The highest BCUT2D eigenvalue weighted by atomic mass is 32.2. The van der Waals surface area contributed by atoms with E-state index >= 15 is 0 Å². The Kier molecular flexibility index (Phi) is 7.86. The summed E-state index contributed by atoms with van der Waals surface area (Å²) in [5.41, 5.74) is 2.94. The quantitative estimate of drug-likeness (QED) is 0.551. The fourth-order valence-corrected chi connectivity index (χ4v) is 6.68. The van der Waals surface area contributed by atoms with Crippen molar-refractivity contribution < 1.29 is 13.2 Å². The van der Waals surface area contributed by atoms with Crippen LogP contribution >= 0.6 is 0 Å². The van der Waals surface area contributed by atoms with E-state index in [1.807, 2.05) is 36.4 Å². The average Bonchev–Trinajstić information content (AvgIpc) is 3.14. The van der Waals surface area contributed by atoms with E-state index in [-0.39, 0.29) is 23.3 Å². The Morgan fingerprint density at radius 1 is 1.03 bits per heavy atom. The largest absolute Gasteiger partial charge is 0.352 e. The fraction of sp³-hybridized carbons (Fsp3) is 0.536. The molecule has 0 saturated heterocycles. The number of rotatable bonds is 9. The smallest absolute Gasteiger partial charge is 0.232 e. The van der Waals surface area contributed by atoms with E-state index in [1.165, 1.54) is 11.8 Å². The number of para-hydroxylation sites is 1. The van der Waals surface area contributed by atoms with E-state index in [0.717, 1.165) is 56.4 Å². The molecule has 1 spiro atoms. The predicted molar refractivity (Wildman–Crippen MR) is 142 cm³/mol. The number of benzene rings is 2. The standard InChI is InChI=1S/C28H39N3O3S/c1-21(2)18-29-19-24(17-22-9-5-4-6-10-22)30-27(32)23-13-15-28(16-14-23)20-31(35(3,33)34)26-12-8-7-11-25(26)28/h4-12,21,23-24,29H,13-20H2,1-3H3,(H,30,32). The van der Waals surface area contributed by atoms with Gasteiger partial charge in [-0.15, -0.1) is 0 Å². The van der Waals surface area contributed by atoms with E-state index in [0.29, 0.717) is 12.5 Å². The summed E-state index contributed by atoms with van der Waals surface area (Å²) < 4.78 is 26.5. The van der Waals surface area contributed by atoms with Crippen molar-refractivity contribution in [2.75, 3.05) is 30.2 Å². The van der Waals surface area contributed by atoms with Gasteiger partial charge in [0.05, 0.1) is 11.9 Å². The monoisotopic (exact) mass is 497 g/mol. The van der Waals surface area contributed by atoms with Crippen LogP contribution in [0.3, 0.4) is 0 Å². The number of hydrogen-bond donors (Lipinski definition) is 2. The fourth-order valence-electron chi connectivity index (χ4n) is 5.68. The molecule has 1 fully saturated rings. The summed E-state index contributed by atoms with van der Waals surface area (Å²) in [6.07, 6.45) is 5.27. The Morgan fingerprint density at radius 2 is 1.69 bits per heavy atom. The highest BCUT2D eigenvalue weighted by Gasteiger charge is 2.47. The number of nitrogens with one attached hydrogen (secondary N) is 2. The summed E-state index contributed by atoms with van der Waals surface area (Å²) in [5.74, 6) is 0.639. The van der Waals surface area contributed by atoms with Crippen molar-refractivity contribution in [3.8, 4) is 0 Å². The zero-order valence-corrected chi connectivity index (χ0v) is 22.0. The van der Waals surface area contributed by atoms with Gasteiger partial charge in [0.25, 0.3) is 0 Å². The lowest BCUT2D eigenvalue weighted by Gasteiger charge is -2.37. The third-order valence-electron chi connectivity index (χ3n) is 7.52. The summed E-state index contributed by atoms with van der Waals surface area (Å²) in [5, 5.41) is 6.84. The maximum atomic E-state index is 13.3. The minimum absolute atomic E-state index is 0.0347. The molecule has 6 nitrogen and oxygen atoms in total. The Bertz CT molecular complexity index is 1110. The van der Waals surface area contributed by atoms with E-state index in [2.05, 4.69) is 42.7 Å². The molecule has 2 aliphatic rings.